The number of hydrogen-bond acceptors (Lipinski definition) is 4. The normalized spacial score (nSPS) is 17.5. The molecule has 0 atom stereocenters. The number of thioether (sulfide) groups is 1. The van der Waals surface area contributed by atoms with Gasteiger partial charge in [-0.15, -0.1) is 0 Å². The molecular weight excluding hydrogens is 336 g/mol. The third-order valence-electron chi connectivity index (χ3n) is 3.64. The summed E-state index contributed by atoms with van der Waals surface area (Å²) in [7, 11) is 0. The Kier molecular flexibility index (Phi) is 5.00. The van der Waals surface area contributed by atoms with Gasteiger partial charge >= 0.3 is 5.97 Å². The highest BCUT2D eigenvalue weighted by atomic mass is 32.2. The zero-order valence-corrected chi connectivity index (χ0v) is 14.4. The van der Waals surface area contributed by atoms with E-state index in [1.54, 1.807) is 23.1 Å². The molecular formula is C19H16N2O3S. The van der Waals surface area contributed by atoms with Gasteiger partial charge in [0.25, 0.3) is 5.91 Å². The largest absolute Gasteiger partial charge is 0.478 e. The van der Waals surface area contributed by atoms with E-state index in [1.807, 2.05) is 37.3 Å². The molecule has 0 aromatic heterocycles. The van der Waals surface area contributed by atoms with Gasteiger partial charge in [0.1, 0.15) is 0 Å². The quantitative estimate of drug-likeness (QED) is 0.844. The smallest absolute Gasteiger partial charge is 0.335 e. The summed E-state index contributed by atoms with van der Waals surface area (Å²) in [5.41, 5.74) is 1.79. The third kappa shape index (κ3) is 3.80. The number of amidine groups is 1. The molecule has 1 fully saturated rings. The summed E-state index contributed by atoms with van der Waals surface area (Å²) in [4.78, 5) is 30.2. The standard InChI is InChI=1S/C19H16N2O3S/c1-2-21-17(22)16(12-13-8-10-14(11-9-13)18(23)24)25-19(21)20-15-6-4-3-5-7-15/h3-12H,2H2,1H3,(H,23,24)/b16-12+,20-19?. The van der Waals surface area contributed by atoms with Crippen LogP contribution in [0.3, 0.4) is 0 Å². The lowest BCUT2D eigenvalue weighted by Crippen LogP contribution is -2.28. The van der Waals surface area contributed by atoms with Crippen LogP contribution in [0.1, 0.15) is 22.8 Å². The molecule has 5 nitrogen and oxygen atoms in total. The molecule has 0 spiro atoms. The van der Waals surface area contributed by atoms with Crippen LogP contribution < -0.4 is 0 Å². The Hall–Kier alpha value is -2.86. The Morgan fingerprint density at radius 2 is 1.84 bits per heavy atom. The number of aromatic carboxylic acids is 1. The van der Waals surface area contributed by atoms with Crippen LogP contribution in [0.4, 0.5) is 5.69 Å². The van der Waals surface area contributed by atoms with Crippen LogP contribution >= 0.6 is 11.8 Å². The van der Waals surface area contributed by atoms with E-state index in [2.05, 4.69) is 4.99 Å². The summed E-state index contributed by atoms with van der Waals surface area (Å²) in [6, 6.07) is 15.9. The van der Waals surface area contributed by atoms with Gasteiger partial charge in [-0.25, -0.2) is 9.79 Å². The average molecular weight is 352 g/mol. The van der Waals surface area contributed by atoms with Gasteiger partial charge in [-0.3, -0.25) is 9.69 Å². The minimum absolute atomic E-state index is 0.0931. The van der Waals surface area contributed by atoms with Crippen molar-refractivity contribution < 1.29 is 14.7 Å². The Morgan fingerprint density at radius 1 is 1.16 bits per heavy atom. The maximum Gasteiger partial charge on any atom is 0.335 e. The number of carbonyl (C=O) groups excluding carboxylic acids is 1. The van der Waals surface area contributed by atoms with E-state index in [9.17, 15) is 9.59 Å². The summed E-state index contributed by atoms with van der Waals surface area (Å²) in [5.74, 6) is -1.07. The van der Waals surface area contributed by atoms with Crippen LogP contribution in [0.25, 0.3) is 6.08 Å². The van der Waals surface area contributed by atoms with E-state index < -0.39 is 5.97 Å². The summed E-state index contributed by atoms with van der Waals surface area (Å²) < 4.78 is 0. The van der Waals surface area contributed by atoms with Gasteiger partial charge in [-0.2, -0.15) is 0 Å². The zero-order chi connectivity index (χ0) is 17.8. The number of aliphatic imine (C=N–C) groups is 1. The summed E-state index contributed by atoms with van der Waals surface area (Å²) in [6.45, 7) is 2.44. The second-order valence-electron chi connectivity index (χ2n) is 5.32. The first-order valence-electron chi connectivity index (χ1n) is 7.77. The molecule has 2 aromatic rings. The molecule has 1 heterocycles. The Bertz CT molecular complexity index is 858. The number of hydrogen-bond donors (Lipinski definition) is 1. The van der Waals surface area contributed by atoms with Crippen LogP contribution in [0.2, 0.25) is 0 Å². The first-order chi connectivity index (χ1) is 12.1. The molecule has 0 aliphatic carbocycles. The zero-order valence-electron chi connectivity index (χ0n) is 13.5. The topological polar surface area (TPSA) is 70.0 Å². The number of likely N-dealkylation sites (N-methyl/N-ethyl adjacent to an activating group) is 1. The Labute approximate surface area is 149 Å². The van der Waals surface area contributed by atoms with E-state index >= 15 is 0 Å². The number of amides is 1. The van der Waals surface area contributed by atoms with E-state index in [0.717, 1.165) is 11.3 Å². The maximum atomic E-state index is 12.6. The number of benzene rings is 2. The molecule has 0 unspecified atom stereocenters. The van der Waals surface area contributed by atoms with Gasteiger partial charge in [0.05, 0.1) is 16.2 Å². The Balaban J connectivity index is 1.89. The van der Waals surface area contributed by atoms with Gasteiger partial charge in [-0.05, 0) is 54.6 Å². The molecule has 0 radical (unpaired) electrons. The van der Waals surface area contributed by atoms with E-state index in [0.29, 0.717) is 16.6 Å². The van der Waals surface area contributed by atoms with Crippen molar-refractivity contribution in [1.82, 2.24) is 4.90 Å². The predicted octanol–water partition coefficient (Wildman–Crippen LogP) is 4.01. The van der Waals surface area contributed by atoms with Crippen molar-refractivity contribution in [3.63, 3.8) is 0 Å². The van der Waals surface area contributed by atoms with E-state index in [-0.39, 0.29) is 11.5 Å². The number of carboxylic acids is 1. The lowest BCUT2D eigenvalue weighted by Gasteiger charge is -2.11. The van der Waals surface area contributed by atoms with Crippen molar-refractivity contribution in [3.05, 3.63) is 70.6 Å². The summed E-state index contributed by atoms with van der Waals surface area (Å²) in [5, 5.41) is 9.59. The number of carbonyl (C=O) groups is 2. The highest BCUT2D eigenvalue weighted by Crippen LogP contribution is 2.33. The van der Waals surface area contributed by atoms with Gasteiger partial charge in [-0.1, -0.05) is 30.3 Å². The van der Waals surface area contributed by atoms with E-state index in [4.69, 9.17) is 5.11 Å². The monoisotopic (exact) mass is 352 g/mol. The van der Waals surface area contributed by atoms with Gasteiger partial charge in [0.2, 0.25) is 0 Å². The second-order valence-corrected chi connectivity index (χ2v) is 6.33. The minimum atomic E-state index is -0.972. The predicted molar refractivity (Wildman–Crippen MR) is 99.9 cm³/mol. The fourth-order valence-corrected chi connectivity index (χ4v) is 3.42. The molecule has 3 rings (SSSR count). The fraction of sp³-hybridized carbons (Fsp3) is 0.105. The maximum absolute atomic E-state index is 12.6. The minimum Gasteiger partial charge on any atom is -0.478 e. The van der Waals surface area contributed by atoms with Gasteiger partial charge < -0.3 is 5.11 Å². The highest BCUT2D eigenvalue weighted by molar-refractivity contribution is 8.18. The fourth-order valence-electron chi connectivity index (χ4n) is 2.36. The molecule has 1 saturated heterocycles. The van der Waals surface area contributed by atoms with E-state index in [1.165, 1.54) is 23.9 Å². The number of nitrogens with zero attached hydrogens (tertiary/aromatic N) is 2. The highest BCUT2D eigenvalue weighted by Gasteiger charge is 2.32. The van der Waals surface area contributed by atoms with Crippen molar-refractivity contribution in [1.29, 1.82) is 0 Å². The number of rotatable bonds is 4. The Morgan fingerprint density at radius 3 is 2.44 bits per heavy atom. The molecule has 126 valence electrons. The lowest BCUT2D eigenvalue weighted by molar-refractivity contribution is -0.122. The molecule has 0 bridgehead atoms. The summed E-state index contributed by atoms with van der Waals surface area (Å²) in [6.07, 6.45) is 1.76. The van der Waals surface area contributed by atoms with Gasteiger partial charge in [0, 0.05) is 6.54 Å². The van der Waals surface area contributed by atoms with Crippen molar-refractivity contribution in [2.24, 2.45) is 4.99 Å². The molecule has 25 heavy (non-hydrogen) atoms. The second kappa shape index (κ2) is 7.36. The first-order valence-corrected chi connectivity index (χ1v) is 8.58. The first kappa shape index (κ1) is 17.0. The van der Waals surface area contributed by atoms with Crippen molar-refractivity contribution in [2.75, 3.05) is 6.54 Å². The molecule has 0 saturated carbocycles. The lowest BCUT2D eigenvalue weighted by atomic mass is 10.1. The number of para-hydroxylation sites is 1. The van der Waals surface area contributed by atoms with Crippen LogP contribution in [-0.4, -0.2) is 33.6 Å². The van der Waals surface area contributed by atoms with Crippen LogP contribution in [-0.2, 0) is 4.79 Å². The van der Waals surface area contributed by atoms with Crippen LogP contribution in [0, 0.1) is 0 Å². The molecule has 1 amide bonds. The molecule has 1 aliphatic heterocycles. The third-order valence-corrected chi connectivity index (χ3v) is 4.65. The summed E-state index contributed by atoms with van der Waals surface area (Å²) >= 11 is 1.32. The van der Waals surface area contributed by atoms with Crippen LogP contribution in [0.15, 0.2) is 64.5 Å². The average Bonchev–Trinajstić information content (AvgIpc) is 2.91. The van der Waals surface area contributed by atoms with Crippen molar-refractivity contribution in [2.45, 2.75) is 6.92 Å². The van der Waals surface area contributed by atoms with Crippen molar-refractivity contribution in [3.8, 4) is 0 Å². The number of carboxylic acid groups (broad SMARTS) is 1. The SMILES string of the molecule is CCN1C(=O)/C(=C\c2ccc(C(=O)O)cc2)SC1=Nc1ccccc1. The molecule has 2 aromatic carbocycles. The molecule has 1 N–H and O–H groups in total. The van der Waals surface area contributed by atoms with Crippen molar-refractivity contribution >= 4 is 40.6 Å². The van der Waals surface area contributed by atoms with Gasteiger partial charge in [0.15, 0.2) is 5.17 Å². The molecule has 6 heteroatoms. The molecule has 1 aliphatic rings. The van der Waals surface area contributed by atoms with Crippen LogP contribution in [0.5, 0.6) is 0 Å².